The first-order valence-electron chi connectivity index (χ1n) is 16.1. The van der Waals surface area contributed by atoms with Crippen LogP contribution in [0.3, 0.4) is 0 Å². The van der Waals surface area contributed by atoms with Crippen LogP contribution in [0.1, 0.15) is 115 Å². The Balaban J connectivity index is 2.22. The maximum Gasteiger partial charge on any atom is 0.335 e. The Morgan fingerprint density at radius 3 is 1.98 bits per heavy atom. The zero-order valence-corrected chi connectivity index (χ0v) is 27.8. The molecule has 2 rings (SSSR count). The van der Waals surface area contributed by atoms with Gasteiger partial charge in [-0.15, -0.1) is 0 Å². The number of rotatable bonds is 20. The lowest BCUT2D eigenvalue weighted by molar-refractivity contribution is -0.385. The molecule has 1 atom stereocenters. The van der Waals surface area contributed by atoms with Crippen LogP contribution in [-0.2, 0) is 20.9 Å². The number of amides is 2. The first-order valence-corrected chi connectivity index (χ1v) is 16.1. The second-order valence-electron chi connectivity index (χ2n) is 12.7. The summed E-state index contributed by atoms with van der Waals surface area (Å²) in [7, 11) is 0. The molecule has 0 aliphatic rings. The standard InChI is InChI=1S/C35H49N3O8/c1-6-7-8-9-10-11-12-13-14-15-22-37(25(2)39)24-27-23-29(38(44)45)20-21-30(27)46-31(32(40)35(3,4)5)33(41)36-28-18-16-26(17-19-28)34(42)43/h16-21,23,31H,6-15,22,24H2,1-5H3,(H,36,41)(H,42,43). The van der Waals surface area contributed by atoms with Crippen molar-refractivity contribution in [1.82, 2.24) is 4.90 Å². The van der Waals surface area contributed by atoms with E-state index in [1.54, 1.807) is 25.7 Å². The summed E-state index contributed by atoms with van der Waals surface area (Å²) in [6.45, 7) is 9.01. The van der Waals surface area contributed by atoms with Crippen LogP contribution in [0.5, 0.6) is 5.75 Å². The number of anilines is 1. The summed E-state index contributed by atoms with van der Waals surface area (Å²) in [5.41, 5.74) is -0.626. The molecule has 0 fully saturated rings. The molecule has 0 saturated heterocycles. The van der Waals surface area contributed by atoms with Crippen molar-refractivity contribution in [3.63, 3.8) is 0 Å². The number of nitrogens with one attached hydrogen (secondary N) is 1. The summed E-state index contributed by atoms with van der Waals surface area (Å²) >= 11 is 0. The second kappa shape index (κ2) is 18.6. The Labute approximate surface area is 271 Å². The monoisotopic (exact) mass is 639 g/mol. The number of carboxylic acids is 1. The maximum absolute atomic E-state index is 13.4. The molecule has 252 valence electrons. The number of carboxylic acid groups (broad SMARTS) is 1. The third-order valence-electron chi connectivity index (χ3n) is 7.70. The van der Waals surface area contributed by atoms with Gasteiger partial charge in [0.15, 0.2) is 5.78 Å². The topological polar surface area (TPSA) is 156 Å². The lowest BCUT2D eigenvalue weighted by atomic mass is 9.87. The van der Waals surface area contributed by atoms with Gasteiger partial charge in [0.1, 0.15) is 5.75 Å². The molecule has 1 unspecified atom stereocenters. The zero-order valence-electron chi connectivity index (χ0n) is 27.8. The molecule has 0 spiro atoms. The van der Waals surface area contributed by atoms with Gasteiger partial charge in [-0.1, -0.05) is 85.5 Å². The van der Waals surface area contributed by atoms with E-state index >= 15 is 0 Å². The maximum atomic E-state index is 13.4. The fourth-order valence-electron chi connectivity index (χ4n) is 4.91. The SMILES string of the molecule is CCCCCCCCCCCCN(Cc1cc([N+](=O)[O-])ccc1OC(C(=O)Nc1ccc(C(=O)O)cc1)C(=O)C(C)(C)C)C(C)=O. The van der Waals surface area contributed by atoms with E-state index in [0.29, 0.717) is 12.1 Å². The van der Waals surface area contributed by atoms with Crippen molar-refractivity contribution in [2.24, 2.45) is 5.41 Å². The Bertz CT molecular complexity index is 1330. The van der Waals surface area contributed by atoms with E-state index in [4.69, 9.17) is 9.84 Å². The predicted octanol–water partition coefficient (Wildman–Crippen LogP) is 7.56. The highest BCUT2D eigenvalue weighted by molar-refractivity contribution is 6.11. The number of aromatic carboxylic acids is 1. The molecule has 0 heterocycles. The van der Waals surface area contributed by atoms with Gasteiger partial charge < -0.3 is 20.1 Å². The molecule has 0 aromatic heterocycles. The summed E-state index contributed by atoms with van der Waals surface area (Å²) in [6, 6.07) is 9.29. The minimum Gasteiger partial charge on any atom is -0.478 e. The molecule has 0 aliphatic heterocycles. The van der Waals surface area contributed by atoms with E-state index in [0.717, 1.165) is 25.7 Å². The Morgan fingerprint density at radius 2 is 1.48 bits per heavy atom. The predicted molar refractivity (Wildman–Crippen MR) is 177 cm³/mol. The molecule has 0 saturated carbocycles. The van der Waals surface area contributed by atoms with Crippen molar-refractivity contribution >= 4 is 34.9 Å². The quantitative estimate of drug-likeness (QED) is 0.0650. The normalized spacial score (nSPS) is 11.8. The number of benzene rings is 2. The summed E-state index contributed by atoms with van der Waals surface area (Å²) in [5.74, 6) is -2.59. The molecule has 0 aliphatic carbocycles. The molecule has 46 heavy (non-hydrogen) atoms. The van der Waals surface area contributed by atoms with E-state index in [1.165, 1.54) is 87.9 Å². The number of unbranched alkanes of at least 4 members (excludes halogenated alkanes) is 9. The molecule has 11 heteroatoms. The number of nitro groups is 1. The molecular weight excluding hydrogens is 590 g/mol. The van der Waals surface area contributed by atoms with Crippen LogP contribution in [-0.4, -0.2) is 51.1 Å². The Hall–Kier alpha value is -4.28. The van der Waals surface area contributed by atoms with Gasteiger partial charge in [0.2, 0.25) is 12.0 Å². The third-order valence-corrected chi connectivity index (χ3v) is 7.70. The van der Waals surface area contributed by atoms with Crippen LogP contribution >= 0.6 is 0 Å². The number of ether oxygens (including phenoxy) is 1. The molecule has 0 radical (unpaired) electrons. The number of carbonyl (C=O) groups is 4. The van der Waals surface area contributed by atoms with Crippen LogP contribution < -0.4 is 10.1 Å². The number of Topliss-reactive ketones (excluding diaryl/α,β-unsaturated/α-hetero) is 1. The minimum atomic E-state index is -1.63. The zero-order chi connectivity index (χ0) is 34.3. The van der Waals surface area contributed by atoms with Gasteiger partial charge in [-0.3, -0.25) is 24.5 Å². The van der Waals surface area contributed by atoms with E-state index < -0.39 is 34.1 Å². The molecule has 0 bridgehead atoms. The Kier molecular flexibility index (Phi) is 15.4. The number of ketones is 1. The summed E-state index contributed by atoms with van der Waals surface area (Å²) in [6.07, 6.45) is 9.80. The highest BCUT2D eigenvalue weighted by Gasteiger charge is 2.37. The number of hydrogen-bond acceptors (Lipinski definition) is 7. The van der Waals surface area contributed by atoms with Gasteiger partial charge in [-0.2, -0.15) is 0 Å². The summed E-state index contributed by atoms with van der Waals surface area (Å²) in [5, 5.41) is 23.4. The number of carbonyl (C=O) groups excluding carboxylic acids is 3. The van der Waals surface area contributed by atoms with Crippen LogP contribution in [0.2, 0.25) is 0 Å². The molecule has 11 nitrogen and oxygen atoms in total. The molecule has 2 aromatic carbocycles. The van der Waals surface area contributed by atoms with E-state index in [1.807, 2.05) is 0 Å². The van der Waals surface area contributed by atoms with Crippen LogP contribution in [0.25, 0.3) is 0 Å². The number of nitrogens with zero attached hydrogens (tertiary/aromatic N) is 2. The Morgan fingerprint density at radius 1 is 0.913 bits per heavy atom. The molecular formula is C35H49N3O8. The van der Waals surface area contributed by atoms with Gasteiger partial charge in [0.05, 0.1) is 10.5 Å². The van der Waals surface area contributed by atoms with Gasteiger partial charge in [-0.25, -0.2) is 4.79 Å². The number of nitro benzene ring substituents is 1. The van der Waals surface area contributed by atoms with E-state index in [9.17, 15) is 29.3 Å². The largest absolute Gasteiger partial charge is 0.478 e. The highest BCUT2D eigenvalue weighted by atomic mass is 16.6. The van der Waals surface area contributed by atoms with E-state index in [-0.39, 0.29) is 35.1 Å². The third kappa shape index (κ3) is 12.6. The van der Waals surface area contributed by atoms with Gasteiger partial charge in [0.25, 0.3) is 11.6 Å². The fraction of sp³-hybridized carbons (Fsp3) is 0.543. The molecule has 2 amide bonds. The average molecular weight is 640 g/mol. The van der Waals surface area contributed by atoms with Gasteiger partial charge in [-0.05, 0) is 36.8 Å². The molecule has 2 aromatic rings. The molecule has 2 N–H and O–H groups in total. The van der Waals surface area contributed by atoms with Crippen LogP contribution in [0, 0.1) is 15.5 Å². The van der Waals surface area contributed by atoms with Crippen molar-refractivity contribution in [2.75, 3.05) is 11.9 Å². The number of non-ortho nitro benzene ring substituents is 1. The fourth-order valence-corrected chi connectivity index (χ4v) is 4.91. The van der Waals surface area contributed by atoms with Crippen LogP contribution in [0.15, 0.2) is 42.5 Å². The van der Waals surface area contributed by atoms with Crippen molar-refractivity contribution in [1.29, 1.82) is 0 Å². The average Bonchev–Trinajstić information content (AvgIpc) is 2.99. The van der Waals surface area contributed by atoms with Crippen molar-refractivity contribution in [2.45, 2.75) is 111 Å². The minimum absolute atomic E-state index is 0.00151. The second-order valence-corrected chi connectivity index (χ2v) is 12.7. The number of hydrogen-bond donors (Lipinski definition) is 2. The van der Waals surface area contributed by atoms with Crippen molar-refractivity contribution in [3.05, 3.63) is 63.7 Å². The van der Waals surface area contributed by atoms with Crippen LogP contribution in [0.4, 0.5) is 11.4 Å². The summed E-state index contributed by atoms with van der Waals surface area (Å²) < 4.78 is 6.03. The lowest BCUT2D eigenvalue weighted by Gasteiger charge is -2.27. The van der Waals surface area contributed by atoms with E-state index in [2.05, 4.69) is 12.2 Å². The van der Waals surface area contributed by atoms with Gasteiger partial charge >= 0.3 is 5.97 Å². The van der Waals surface area contributed by atoms with Crippen molar-refractivity contribution < 1.29 is 33.9 Å². The van der Waals surface area contributed by atoms with Gasteiger partial charge in [0, 0.05) is 48.8 Å². The lowest BCUT2D eigenvalue weighted by Crippen LogP contribution is -2.45. The highest BCUT2D eigenvalue weighted by Crippen LogP contribution is 2.29. The summed E-state index contributed by atoms with van der Waals surface area (Å²) in [4.78, 5) is 63.3. The first kappa shape index (κ1) is 37.9. The first-order chi connectivity index (χ1) is 21.7. The smallest absolute Gasteiger partial charge is 0.335 e. The van der Waals surface area contributed by atoms with Crippen molar-refractivity contribution in [3.8, 4) is 5.75 Å².